The molecule has 1 aliphatic rings. The maximum absolute atomic E-state index is 12.8. The summed E-state index contributed by atoms with van der Waals surface area (Å²) in [5, 5.41) is 0. The Morgan fingerprint density at radius 2 is 1.95 bits per heavy atom. The first-order valence-corrected chi connectivity index (χ1v) is 7.92. The monoisotopic (exact) mass is 295 g/mol. The Labute approximate surface area is 128 Å². The molecule has 4 nitrogen and oxygen atoms in total. The number of carbonyl (C=O) groups excluding carboxylic acids is 2. The zero-order chi connectivity index (χ0) is 16.0. The van der Waals surface area contributed by atoms with Gasteiger partial charge in [-0.2, -0.15) is 0 Å². The summed E-state index contributed by atoms with van der Waals surface area (Å²) in [6, 6.07) is 0.179. The Hall–Kier alpha value is -1.32. The molecule has 0 radical (unpaired) electrons. The molecule has 0 bridgehead atoms. The van der Waals surface area contributed by atoms with Gasteiger partial charge in [0.1, 0.15) is 0 Å². The standard InChI is InChI=1S/C17H29NO3/c1-12(2)8-9-14-7-6-10-18(14)17(20)15(13(3)4)11-16(19)21-5/h8-9,12-15H,6-7,10-11H2,1-5H3/b9-8+. The zero-order valence-electron chi connectivity index (χ0n) is 14.0. The van der Waals surface area contributed by atoms with Crippen molar-refractivity contribution in [2.45, 2.75) is 53.0 Å². The van der Waals surface area contributed by atoms with Gasteiger partial charge in [0.05, 0.1) is 25.5 Å². The second-order valence-corrected chi connectivity index (χ2v) is 6.50. The molecule has 0 N–H and O–H groups in total. The van der Waals surface area contributed by atoms with Gasteiger partial charge in [0, 0.05) is 6.54 Å². The van der Waals surface area contributed by atoms with Crippen LogP contribution < -0.4 is 0 Å². The summed E-state index contributed by atoms with van der Waals surface area (Å²) in [5.41, 5.74) is 0. The molecular weight excluding hydrogens is 266 g/mol. The topological polar surface area (TPSA) is 46.6 Å². The van der Waals surface area contributed by atoms with Gasteiger partial charge in [-0.1, -0.05) is 39.8 Å². The van der Waals surface area contributed by atoms with Crippen molar-refractivity contribution in [1.82, 2.24) is 4.90 Å². The fourth-order valence-electron chi connectivity index (χ4n) is 2.70. The summed E-state index contributed by atoms with van der Waals surface area (Å²) >= 11 is 0. The Morgan fingerprint density at radius 3 is 2.48 bits per heavy atom. The van der Waals surface area contributed by atoms with Crippen molar-refractivity contribution in [2.24, 2.45) is 17.8 Å². The van der Waals surface area contributed by atoms with Gasteiger partial charge < -0.3 is 9.64 Å². The Bertz CT molecular complexity index is 387. The smallest absolute Gasteiger partial charge is 0.306 e. The number of esters is 1. The second-order valence-electron chi connectivity index (χ2n) is 6.50. The first-order chi connectivity index (χ1) is 9.86. The predicted octanol–water partition coefficient (Wildman–Crippen LogP) is 3.02. The predicted molar refractivity (Wildman–Crippen MR) is 83.7 cm³/mol. The van der Waals surface area contributed by atoms with Crippen molar-refractivity contribution in [1.29, 1.82) is 0 Å². The van der Waals surface area contributed by atoms with Crippen LogP contribution in [-0.4, -0.2) is 36.5 Å². The molecule has 1 heterocycles. The molecule has 1 rings (SSSR count). The van der Waals surface area contributed by atoms with Crippen molar-refractivity contribution in [2.75, 3.05) is 13.7 Å². The summed E-state index contributed by atoms with van der Waals surface area (Å²) < 4.78 is 4.73. The van der Waals surface area contributed by atoms with Crippen LogP contribution >= 0.6 is 0 Å². The molecule has 120 valence electrons. The van der Waals surface area contributed by atoms with E-state index < -0.39 is 0 Å². The molecule has 0 saturated carbocycles. The second kappa shape index (κ2) is 8.20. The van der Waals surface area contributed by atoms with Crippen LogP contribution in [0.2, 0.25) is 0 Å². The van der Waals surface area contributed by atoms with Crippen molar-refractivity contribution in [3.8, 4) is 0 Å². The minimum Gasteiger partial charge on any atom is -0.469 e. The van der Waals surface area contributed by atoms with Crippen LogP contribution in [0.15, 0.2) is 12.2 Å². The Morgan fingerprint density at radius 1 is 1.29 bits per heavy atom. The highest BCUT2D eigenvalue weighted by Crippen LogP contribution is 2.26. The number of amides is 1. The van der Waals surface area contributed by atoms with E-state index in [2.05, 4.69) is 26.0 Å². The molecule has 2 unspecified atom stereocenters. The number of hydrogen-bond acceptors (Lipinski definition) is 3. The molecule has 0 aromatic heterocycles. The number of methoxy groups -OCH3 is 1. The van der Waals surface area contributed by atoms with E-state index in [0.29, 0.717) is 5.92 Å². The van der Waals surface area contributed by atoms with Crippen LogP contribution in [0, 0.1) is 17.8 Å². The Balaban J connectivity index is 2.79. The third-order valence-electron chi connectivity index (χ3n) is 4.04. The van der Waals surface area contributed by atoms with Crippen LogP contribution in [0.4, 0.5) is 0 Å². The fourth-order valence-corrected chi connectivity index (χ4v) is 2.70. The summed E-state index contributed by atoms with van der Waals surface area (Å²) in [4.78, 5) is 26.3. The average Bonchev–Trinajstić information content (AvgIpc) is 2.89. The van der Waals surface area contributed by atoms with E-state index >= 15 is 0 Å². The molecule has 1 amide bonds. The van der Waals surface area contributed by atoms with Crippen molar-refractivity contribution < 1.29 is 14.3 Å². The lowest BCUT2D eigenvalue weighted by Crippen LogP contribution is -2.41. The summed E-state index contributed by atoms with van der Waals surface area (Å²) in [6.45, 7) is 9.02. The quantitative estimate of drug-likeness (QED) is 0.559. The van der Waals surface area contributed by atoms with Gasteiger partial charge in [-0.25, -0.2) is 0 Å². The van der Waals surface area contributed by atoms with Gasteiger partial charge in [0.2, 0.25) is 5.91 Å². The summed E-state index contributed by atoms with van der Waals surface area (Å²) in [6.07, 6.45) is 6.51. The van der Waals surface area contributed by atoms with Gasteiger partial charge in [0.15, 0.2) is 0 Å². The third kappa shape index (κ3) is 5.18. The first-order valence-electron chi connectivity index (χ1n) is 7.92. The number of hydrogen-bond donors (Lipinski definition) is 0. The molecule has 1 fully saturated rings. The maximum atomic E-state index is 12.8. The SMILES string of the molecule is COC(=O)CC(C(=O)N1CCCC1/C=C/C(C)C)C(C)C. The molecule has 0 spiro atoms. The van der Waals surface area contributed by atoms with E-state index in [9.17, 15) is 9.59 Å². The molecule has 2 atom stereocenters. The highest BCUT2D eigenvalue weighted by Gasteiger charge is 2.34. The molecule has 1 saturated heterocycles. The number of carbonyl (C=O) groups is 2. The van der Waals surface area contributed by atoms with Crippen LogP contribution in [0.3, 0.4) is 0 Å². The van der Waals surface area contributed by atoms with E-state index in [1.807, 2.05) is 18.7 Å². The summed E-state index contributed by atoms with van der Waals surface area (Å²) in [5.74, 6) is 0.109. The number of rotatable bonds is 6. The zero-order valence-corrected chi connectivity index (χ0v) is 14.0. The van der Waals surface area contributed by atoms with Crippen LogP contribution in [0.1, 0.15) is 47.0 Å². The number of allylic oxidation sites excluding steroid dienone is 1. The van der Waals surface area contributed by atoms with E-state index in [1.54, 1.807) is 0 Å². The van der Waals surface area contributed by atoms with E-state index in [0.717, 1.165) is 19.4 Å². The molecule has 0 aliphatic carbocycles. The van der Waals surface area contributed by atoms with Crippen molar-refractivity contribution in [3.05, 3.63) is 12.2 Å². The lowest BCUT2D eigenvalue weighted by Gasteiger charge is -2.29. The minimum absolute atomic E-state index is 0.0892. The van der Waals surface area contributed by atoms with Gasteiger partial charge in [-0.15, -0.1) is 0 Å². The Kier molecular flexibility index (Phi) is 6.93. The molecule has 0 aromatic carbocycles. The van der Waals surface area contributed by atoms with Crippen molar-refractivity contribution >= 4 is 11.9 Å². The third-order valence-corrected chi connectivity index (χ3v) is 4.04. The van der Waals surface area contributed by atoms with Gasteiger partial charge >= 0.3 is 5.97 Å². The average molecular weight is 295 g/mol. The maximum Gasteiger partial charge on any atom is 0.306 e. The van der Waals surface area contributed by atoms with Gasteiger partial charge in [-0.05, 0) is 24.7 Å². The summed E-state index contributed by atoms with van der Waals surface area (Å²) in [7, 11) is 1.37. The van der Waals surface area contributed by atoms with Crippen LogP contribution in [0.25, 0.3) is 0 Å². The molecule has 0 aromatic rings. The molecule has 21 heavy (non-hydrogen) atoms. The van der Waals surface area contributed by atoms with Crippen LogP contribution in [-0.2, 0) is 14.3 Å². The number of ether oxygens (including phenoxy) is 1. The normalized spacial score (nSPS) is 20.5. The molecule has 1 aliphatic heterocycles. The van der Waals surface area contributed by atoms with E-state index in [4.69, 9.17) is 4.74 Å². The number of nitrogens with zero attached hydrogens (tertiary/aromatic N) is 1. The fraction of sp³-hybridized carbons (Fsp3) is 0.765. The van der Waals surface area contributed by atoms with Crippen molar-refractivity contribution in [3.63, 3.8) is 0 Å². The van der Waals surface area contributed by atoms with E-state index in [-0.39, 0.29) is 36.2 Å². The largest absolute Gasteiger partial charge is 0.469 e. The van der Waals surface area contributed by atoms with E-state index in [1.165, 1.54) is 7.11 Å². The van der Waals surface area contributed by atoms with Gasteiger partial charge in [0.25, 0.3) is 0 Å². The molecule has 4 heteroatoms. The lowest BCUT2D eigenvalue weighted by molar-refractivity contribution is -0.148. The van der Waals surface area contributed by atoms with Crippen LogP contribution in [0.5, 0.6) is 0 Å². The highest BCUT2D eigenvalue weighted by atomic mass is 16.5. The highest BCUT2D eigenvalue weighted by molar-refractivity contribution is 5.84. The molecular formula is C17H29NO3. The minimum atomic E-state index is -0.310. The number of likely N-dealkylation sites (tertiary alicyclic amines) is 1. The lowest BCUT2D eigenvalue weighted by atomic mass is 9.90. The van der Waals surface area contributed by atoms with Gasteiger partial charge in [-0.3, -0.25) is 9.59 Å². The first kappa shape index (κ1) is 17.7.